The van der Waals surface area contributed by atoms with Crippen molar-refractivity contribution >= 4 is 26.1 Å². The summed E-state index contributed by atoms with van der Waals surface area (Å²) in [7, 11) is -1.91. The number of aromatic nitrogens is 1. The average molecular weight is 351 g/mol. The zero-order valence-corrected chi connectivity index (χ0v) is 16.1. The van der Waals surface area contributed by atoms with E-state index in [-0.39, 0.29) is 5.56 Å². The first kappa shape index (κ1) is 18.3. The molecule has 0 fully saturated rings. The number of carbonyl (C=O) groups is 2. The standard InChI is InChI=1S/C17H25NO5Si/c1-17(2,3)22-16(21)18-10-11(15(19)20)14-12(18)8-7-9-13(14)23-24(4,5)6/h9-10H,7-8H2,1-6H3,(H,19,20). The van der Waals surface area contributed by atoms with Crippen LogP contribution in [0, 0.1) is 0 Å². The number of nitrogens with zero attached hydrogens (tertiary/aromatic N) is 1. The molecule has 7 heteroatoms. The number of hydrogen-bond acceptors (Lipinski definition) is 4. The topological polar surface area (TPSA) is 77.8 Å². The highest BCUT2D eigenvalue weighted by Gasteiger charge is 2.32. The lowest BCUT2D eigenvalue weighted by Gasteiger charge is -2.25. The van der Waals surface area contributed by atoms with E-state index in [0.29, 0.717) is 29.9 Å². The molecule has 1 heterocycles. The molecule has 0 saturated heterocycles. The molecule has 132 valence electrons. The second-order valence-electron chi connectivity index (χ2n) is 7.84. The molecular formula is C17H25NO5Si. The zero-order chi connectivity index (χ0) is 18.3. The second-order valence-corrected chi connectivity index (χ2v) is 12.3. The molecule has 0 unspecified atom stereocenters. The third kappa shape index (κ3) is 4.08. The van der Waals surface area contributed by atoms with Crippen molar-refractivity contribution in [2.24, 2.45) is 0 Å². The molecule has 0 aliphatic heterocycles. The van der Waals surface area contributed by atoms with Crippen LogP contribution in [0.4, 0.5) is 4.79 Å². The molecule has 1 aromatic rings. The predicted molar refractivity (Wildman–Crippen MR) is 93.8 cm³/mol. The quantitative estimate of drug-likeness (QED) is 0.829. The van der Waals surface area contributed by atoms with Crippen LogP contribution in [0.15, 0.2) is 12.3 Å². The minimum Gasteiger partial charge on any atom is -0.544 e. The summed E-state index contributed by atoms with van der Waals surface area (Å²) in [4.78, 5) is 24.1. The Morgan fingerprint density at radius 3 is 2.38 bits per heavy atom. The van der Waals surface area contributed by atoms with E-state index in [1.54, 1.807) is 20.8 Å². The maximum atomic E-state index is 12.5. The molecule has 1 aliphatic carbocycles. The van der Waals surface area contributed by atoms with Crippen molar-refractivity contribution in [1.82, 2.24) is 4.57 Å². The molecule has 0 atom stereocenters. The lowest BCUT2D eigenvalue weighted by Crippen LogP contribution is -2.28. The minimum atomic E-state index is -1.91. The summed E-state index contributed by atoms with van der Waals surface area (Å²) >= 11 is 0. The molecule has 0 amide bonds. The average Bonchev–Trinajstić information content (AvgIpc) is 2.75. The van der Waals surface area contributed by atoms with Gasteiger partial charge in [0.05, 0.1) is 11.1 Å². The van der Waals surface area contributed by atoms with Gasteiger partial charge in [0.15, 0.2) is 0 Å². The van der Waals surface area contributed by atoms with E-state index in [0.717, 1.165) is 0 Å². The molecule has 1 N–H and O–H groups in total. The Morgan fingerprint density at radius 1 is 1.25 bits per heavy atom. The lowest BCUT2D eigenvalue weighted by atomic mass is 10.00. The van der Waals surface area contributed by atoms with Crippen molar-refractivity contribution in [3.63, 3.8) is 0 Å². The molecule has 24 heavy (non-hydrogen) atoms. The van der Waals surface area contributed by atoms with Crippen molar-refractivity contribution in [1.29, 1.82) is 0 Å². The predicted octanol–water partition coefficient (Wildman–Crippen LogP) is 4.11. The molecule has 0 bridgehead atoms. The first-order valence-electron chi connectivity index (χ1n) is 7.99. The molecule has 0 spiro atoms. The Balaban J connectivity index is 2.52. The highest BCUT2D eigenvalue weighted by atomic mass is 28.4. The van der Waals surface area contributed by atoms with Crippen LogP contribution >= 0.6 is 0 Å². The van der Waals surface area contributed by atoms with Crippen LogP contribution in [-0.2, 0) is 15.6 Å². The largest absolute Gasteiger partial charge is 0.544 e. The molecule has 0 aromatic carbocycles. The third-order valence-electron chi connectivity index (χ3n) is 3.30. The first-order chi connectivity index (χ1) is 10.9. The summed E-state index contributed by atoms with van der Waals surface area (Å²) in [6, 6.07) is 0. The van der Waals surface area contributed by atoms with E-state index in [4.69, 9.17) is 9.16 Å². The summed E-state index contributed by atoms with van der Waals surface area (Å²) in [6.45, 7) is 11.4. The Morgan fingerprint density at radius 2 is 1.88 bits per heavy atom. The summed E-state index contributed by atoms with van der Waals surface area (Å²) in [5, 5.41) is 9.55. The Labute approximate surface area is 143 Å². The Hall–Kier alpha value is -2.02. The molecule has 6 nitrogen and oxygen atoms in total. The van der Waals surface area contributed by atoms with E-state index >= 15 is 0 Å². The van der Waals surface area contributed by atoms with E-state index < -0.39 is 26.0 Å². The van der Waals surface area contributed by atoms with Gasteiger partial charge in [-0.2, -0.15) is 0 Å². The number of aromatic carboxylic acids is 1. The molecule has 2 rings (SSSR count). The first-order valence-corrected chi connectivity index (χ1v) is 11.4. The van der Waals surface area contributed by atoms with Crippen molar-refractivity contribution in [2.75, 3.05) is 0 Å². The molecular weight excluding hydrogens is 326 g/mol. The van der Waals surface area contributed by atoms with Crippen molar-refractivity contribution in [3.8, 4) is 0 Å². The summed E-state index contributed by atoms with van der Waals surface area (Å²) in [5.74, 6) is -0.518. The van der Waals surface area contributed by atoms with Gasteiger partial charge in [0.1, 0.15) is 11.4 Å². The van der Waals surface area contributed by atoms with Crippen LogP contribution in [0.3, 0.4) is 0 Å². The van der Waals surface area contributed by atoms with Gasteiger partial charge >= 0.3 is 12.1 Å². The van der Waals surface area contributed by atoms with Crippen LogP contribution in [0.25, 0.3) is 5.76 Å². The van der Waals surface area contributed by atoms with Gasteiger partial charge in [-0.15, -0.1) is 0 Å². The van der Waals surface area contributed by atoms with E-state index in [9.17, 15) is 14.7 Å². The Kier molecular flexibility index (Phi) is 4.67. The zero-order valence-electron chi connectivity index (χ0n) is 15.1. The van der Waals surface area contributed by atoms with E-state index in [1.165, 1.54) is 10.8 Å². The van der Waals surface area contributed by atoms with E-state index in [1.807, 2.05) is 25.7 Å². The smallest absolute Gasteiger partial charge is 0.418 e. The van der Waals surface area contributed by atoms with Crippen LogP contribution in [-0.4, -0.2) is 35.7 Å². The normalized spacial score (nSPS) is 14.7. The van der Waals surface area contributed by atoms with Gasteiger partial charge in [-0.25, -0.2) is 9.59 Å². The molecule has 1 aromatic heterocycles. The second kappa shape index (κ2) is 6.12. The number of carboxylic acid groups (broad SMARTS) is 1. The van der Waals surface area contributed by atoms with Gasteiger partial charge in [-0.1, -0.05) is 0 Å². The summed E-state index contributed by atoms with van der Waals surface area (Å²) in [5.41, 5.74) is 0.555. The maximum Gasteiger partial charge on any atom is 0.418 e. The maximum absolute atomic E-state index is 12.5. The monoisotopic (exact) mass is 351 g/mol. The number of rotatable bonds is 3. The van der Waals surface area contributed by atoms with E-state index in [2.05, 4.69) is 0 Å². The number of fused-ring (bicyclic) bond motifs is 1. The van der Waals surface area contributed by atoms with Gasteiger partial charge in [-0.3, -0.25) is 4.57 Å². The van der Waals surface area contributed by atoms with Crippen molar-refractivity contribution < 1.29 is 23.9 Å². The Bertz CT molecular complexity index is 704. The van der Waals surface area contributed by atoms with Gasteiger partial charge in [0.25, 0.3) is 0 Å². The van der Waals surface area contributed by atoms with Crippen molar-refractivity contribution in [2.45, 2.75) is 58.9 Å². The molecule has 0 saturated carbocycles. The number of hydrogen-bond donors (Lipinski definition) is 1. The highest BCUT2D eigenvalue weighted by molar-refractivity contribution is 6.70. The number of carbonyl (C=O) groups excluding carboxylic acids is 1. The third-order valence-corrected chi connectivity index (χ3v) is 4.13. The minimum absolute atomic E-state index is 0.0695. The lowest BCUT2D eigenvalue weighted by molar-refractivity contribution is 0.0533. The van der Waals surface area contributed by atoms with Gasteiger partial charge in [0.2, 0.25) is 8.32 Å². The SMILES string of the molecule is CC(C)(C)OC(=O)n1cc(C(=O)O)c2c1CCC=C2O[Si](C)(C)C. The van der Waals surface area contributed by atoms with Crippen LogP contribution < -0.4 is 0 Å². The van der Waals surface area contributed by atoms with Crippen LogP contribution in [0.1, 0.15) is 48.8 Å². The number of carboxylic acids is 1. The van der Waals surface area contributed by atoms with Gasteiger partial charge < -0.3 is 14.3 Å². The fourth-order valence-electron chi connectivity index (χ4n) is 2.57. The van der Waals surface area contributed by atoms with Gasteiger partial charge in [0, 0.05) is 11.9 Å². The fraction of sp³-hybridized carbons (Fsp3) is 0.529. The van der Waals surface area contributed by atoms with Crippen LogP contribution in [0.5, 0.6) is 0 Å². The molecule has 0 radical (unpaired) electrons. The number of allylic oxidation sites excluding steroid dienone is 1. The number of ether oxygens (including phenoxy) is 1. The fourth-order valence-corrected chi connectivity index (χ4v) is 3.41. The summed E-state index contributed by atoms with van der Waals surface area (Å²) < 4.78 is 12.8. The summed E-state index contributed by atoms with van der Waals surface area (Å²) in [6.07, 6.45) is 3.94. The molecule has 1 aliphatic rings. The van der Waals surface area contributed by atoms with Crippen molar-refractivity contribution in [3.05, 3.63) is 29.1 Å². The van der Waals surface area contributed by atoms with Gasteiger partial charge in [-0.05, 0) is 59.3 Å². The highest BCUT2D eigenvalue weighted by Crippen LogP contribution is 2.34. The van der Waals surface area contributed by atoms with Crippen LogP contribution in [0.2, 0.25) is 19.6 Å².